The minimum atomic E-state index is 0.227. The van der Waals surface area contributed by atoms with Crippen LogP contribution >= 0.6 is 0 Å². The van der Waals surface area contributed by atoms with E-state index in [0.29, 0.717) is 6.42 Å². The molecule has 2 rings (SSSR count). The summed E-state index contributed by atoms with van der Waals surface area (Å²) in [6.45, 7) is 6.01. The van der Waals surface area contributed by atoms with Crippen LogP contribution in [0.3, 0.4) is 0 Å². The van der Waals surface area contributed by atoms with Crippen LogP contribution in [0.15, 0.2) is 42.5 Å². The maximum Gasteiger partial charge on any atom is 0.130 e. The minimum absolute atomic E-state index is 0.227. The molecule has 2 heteroatoms. The fraction of sp³-hybridized carbons (Fsp3) is 0.381. The standard InChI is InChI=1S/C21H26O2/c1-4-7-18-8-6-9-21(20(18)5-2)23-19-14-12-17(13-15-19)11-10-16(3)22/h6,8-9,12-15H,4-5,7,10-11H2,1-3H3. The van der Waals surface area contributed by atoms with Gasteiger partial charge in [0.25, 0.3) is 0 Å². The van der Waals surface area contributed by atoms with E-state index in [9.17, 15) is 4.79 Å². The van der Waals surface area contributed by atoms with Gasteiger partial charge in [-0.15, -0.1) is 0 Å². The first-order valence-electron chi connectivity index (χ1n) is 8.51. The molecule has 0 fully saturated rings. The highest BCUT2D eigenvalue weighted by atomic mass is 16.5. The molecule has 122 valence electrons. The van der Waals surface area contributed by atoms with Gasteiger partial charge in [-0.25, -0.2) is 0 Å². The zero-order valence-corrected chi connectivity index (χ0v) is 14.4. The average molecular weight is 310 g/mol. The van der Waals surface area contributed by atoms with Crippen LogP contribution in [0.25, 0.3) is 0 Å². The van der Waals surface area contributed by atoms with Gasteiger partial charge in [-0.2, -0.15) is 0 Å². The SMILES string of the molecule is CCCc1cccc(Oc2ccc(CCC(C)=O)cc2)c1CC. The number of Topliss-reactive ketones (excluding diaryl/α,β-unsaturated/α-hetero) is 1. The molecule has 0 aliphatic carbocycles. The Balaban J connectivity index is 2.12. The molecule has 2 nitrogen and oxygen atoms in total. The van der Waals surface area contributed by atoms with Gasteiger partial charge in [-0.05, 0) is 61.1 Å². The minimum Gasteiger partial charge on any atom is -0.457 e. The Labute approximate surface area is 139 Å². The van der Waals surface area contributed by atoms with E-state index in [1.54, 1.807) is 6.92 Å². The number of hydrogen-bond donors (Lipinski definition) is 0. The van der Waals surface area contributed by atoms with Crippen LogP contribution < -0.4 is 4.74 Å². The van der Waals surface area contributed by atoms with Crippen molar-refractivity contribution in [2.45, 2.75) is 52.9 Å². The topological polar surface area (TPSA) is 26.3 Å². The molecule has 0 radical (unpaired) electrons. The zero-order valence-electron chi connectivity index (χ0n) is 14.4. The first kappa shape index (κ1) is 17.3. The van der Waals surface area contributed by atoms with Gasteiger partial charge < -0.3 is 9.53 Å². The third-order valence-corrected chi connectivity index (χ3v) is 4.02. The molecule has 0 heterocycles. The molecule has 0 aliphatic rings. The Morgan fingerprint density at radius 3 is 2.35 bits per heavy atom. The van der Waals surface area contributed by atoms with Crippen LogP contribution in [0, 0.1) is 0 Å². The first-order chi connectivity index (χ1) is 11.1. The van der Waals surface area contributed by atoms with Gasteiger partial charge in [0.15, 0.2) is 0 Å². The molecule has 0 aromatic heterocycles. The molecule has 2 aromatic carbocycles. The number of rotatable bonds is 8. The van der Waals surface area contributed by atoms with E-state index in [0.717, 1.165) is 37.2 Å². The van der Waals surface area contributed by atoms with Gasteiger partial charge in [0, 0.05) is 6.42 Å². The summed E-state index contributed by atoms with van der Waals surface area (Å²) < 4.78 is 6.10. The number of carbonyl (C=O) groups excluding carboxylic acids is 1. The van der Waals surface area contributed by atoms with Crippen LogP contribution in [0.5, 0.6) is 11.5 Å². The van der Waals surface area contributed by atoms with Gasteiger partial charge in [-0.1, -0.05) is 44.5 Å². The third kappa shape index (κ3) is 4.95. The summed E-state index contributed by atoms with van der Waals surface area (Å²) in [5.41, 5.74) is 3.85. The summed E-state index contributed by atoms with van der Waals surface area (Å²) >= 11 is 0. The van der Waals surface area contributed by atoms with Gasteiger partial charge in [-0.3, -0.25) is 0 Å². The predicted octanol–water partition coefficient (Wildman–Crippen LogP) is 5.52. The monoisotopic (exact) mass is 310 g/mol. The summed E-state index contributed by atoms with van der Waals surface area (Å²) in [4.78, 5) is 11.1. The number of hydrogen-bond acceptors (Lipinski definition) is 2. The molecule has 0 aliphatic heterocycles. The molecule has 0 saturated heterocycles. The fourth-order valence-electron chi connectivity index (χ4n) is 2.78. The van der Waals surface area contributed by atoms with Crippen molar-refractivity contribution in [3.63, 3.8) is 0 Å². The van der Waals surface area contributed by atoms with Crippen LogP contribution in [0.2, 0.25) is 0 Å². The van der Waals surface area contributed by atoms with Crippen molar-refractivity contribution in [3.05, 3.63) is 59.2 Å². The highest BCUT2D eigenvalue weighted by molar-refractivity contribution is 5.75. The highest BCUT2D eigenvalue weighted by Crippen LogP contribution is 2.29. The van der Waals surface area contributed by atoms with E-state index in [4.69, 9.17) is 4.74 Å². The van der Waals surface area contributed by atoms with Crippen LogP contribution in [0.1, 0.15) is 50.3 Å². The van der Waals surface area contributed by atoms with E-state index < -0.39 is 0 Å². The van der Waals surface area contributed by atoms with E-state index >= 15 is 0 Å². The van der Waals surface area contributed by atoms with E-state index in [2.05, 4.69) is 26.0 Å². The zero-order chi connectivity index (χ0) is 16.7. The van der Waals surface area contributed by atoms with Crippen molar-refractivity contribution in [2.24, 2.45) is 0 Å². The summed E-state index contributed by atoms with van der Waals surface area (Å²) in [7, 11) is 0. The van der Waals surface area contributed by atoms with E-state index in [-0.39, 0.29) is 5.78 Å². The first-order valence-corrected chi connectivity index (χ1v) is 8.51. The molecule has 0 atom stereocenters. The Morgan fingerprint density at radius 1 is 1.00 bits per heavy atom. The molecule has 23 heavy (non-hydrogen) atoms. The van der Waals surface area contributed by atoms with E-state index in [1.807, 2.05) is 30.3 Å². The van der Waals surface area contributed by atoms with Crippen LogP contribution in [0.4, 0.5) is 0 Å². The van der Waals surface area contributed by atoms with Crippen LogP contribution in [-0.4, -0.2) is 5.78 Å². The number of benzene rings is 2. The van der Waals surface area contributed by atoms with Crippen LogP contribution in [-0.2, 0) is 24.1 Å². The molecule has 0 unspecified atom stereocenters. The Kier molecular flexibility index (Phi) is 6.40. The summed E-state index contributed by atoms with van der Waals surface area (Å²) in [5, 5.41) is 0. The summed E-state index contributed by atoms with van der Waals surface area (Å²) in [5.74, 6) is 2.03. The number of carbonyl (C=O) groups is 1. The molecule has 2 aromatic rings. The fourth-order valence-corrected chi connectivity index (χ4v) is 2.78. The quantitative estimate of drug-likeness (QED) is 0.642. The third-order valence-electron chi connectivity index (χ3n) is 4.02. The molecule has 0 spiro atoms. The van der Waals surface area contributed by atoms with Crippen molar-refractivity contribution in [1.29, 1.82) is 0 Å². The van der Waals surface area contributed by atoms with Gasteiger partial charge in [0.2, 0.25) is 0 Å². The number of aryl methyl sites for hydroxylation is 2. The van der Waals surface area contributed by atoms with Gasteiger partial charge in [0.05, 0.1) is 0 Å². The molecule has 0 amide bonds. The second kappa shape index (κ2) is 8.52. The van der Waals surface area contributed by atoms with Crippen molar-refractivity contribution >= 4 is 5.78 Å². The smallest absolute Gasteiger partial charge is 0.130 e. The molecular weight excluding hydrogens is 284 g/mol. The van der Waals surface area contributed by atoms with Gasteiger partial charge >= 0.3 is 0 Å². The van der Waals surface area contributed by atoms with Crippen molar-refractivity contribution < 1.29 is 9.53 Å². The number of ketones is 1. The lowest BCUT2D eigenvalue weighted by molar-refractivity contribution is -0.116. The largest absolute Gasteiger partial charge is 0.457 e. The summed E-state index contributed by atoms with van der Waals surface area (Å²) in [6, 6.07) is 14.4. The second-order valence-electron chi connectivity index (χ2n) is 5.95. The predicted molar refractivity (Wildman–Crippen MR) is 95.3 cm³/mol. The average Bonchev–Trinajstić information content (AvgIpc) is 2.55. The van der Waals surface area contributed by atoms with Crippen molar-refractivity contribution in [3.8, 4) is 11.5 Å². The Bertz CT molecular complexity index is 641. The molecule has 0 saturated carbocycles. The lowest BCUT2D eigenvalue weighted by Gasteiger charge is -2.14. The molecular formula is C21H26O2. The maximum atomic E-state index is 11.1. The normalized spacial score (nSPS) is 10.6. The lowest BCUT2D eigenvalue weighted by Crippen LogP contribution is -1.97. The van der Waals surface area contributed by atoms with E-state index in [1.165, 1.54) is 16.7 Å². The van der Waals surface area contributed by atoms with Crippen molar-refractivity contribution in [2.75, 3.05) is 0 Å². The summed E-state index contributed by atoms with van der Waals surface area (Å²) in [6.07, 6.45) is 4.59. The second-order valence-corrected chi connectivity index (χ2v) is 5.95. The number of ether oxygens (including phenoxy) is 1. The Hall–Kier alpha value is -2.09. The Morgan fingerprint density at radius 2 is 1.74 bits per heavy atom. The molecule has 0 N–H and O–H groups in total. The molecule has 0 bridgehead atoms. The maximum absolute atomic E-state index is 11.1. The highest BCUT2D eigenvalue weighted by Gasteiger charge is 2.08. The van der Waals surface area contributed by atoms with Crippen molar-refractivity contribution in [1.82, 2.24) is 0 Å². The lowest BCUT2D eigenvalue weighted by atomic mass is 10.0. The van der Waals surface area contributed by atoms with Gasteiger partial charge in [0.1, 0.15) is 17.3 Å².